The lowest BCUT2D eigenvalue weighted by Gasteiger charge is -2.19. The van der Waals surface area contributed by atoms with Crippen LogP contribution in [0.4, 0.5) is 0 Å². The summed E-state index contributed by atoms with van der Waals surface area (Å²) >= 11 is 12.2. The van der Waals surface area contributed by atoms with E-state index in [-0.39, 0.29) is 17.3 Å². The molecule has 0 bridgehead atoms. The number of hydrogen-bond acceptors (Lipinski definition) is 3. The topological polar surface area (TPSA) is 51.2 Å². The molecule has 0 aliphatic heterocycles. The van der Waals surface area contributed by atoms with Crippen molar-refractivity contribution in [3.8, 4) is 22.3 Å². The van der Waals surface area contributed by atoms with Gasteiger partial charge in [-0.3, -0.25) is 14.4 Å². The number of rotatable bonds is 8. The summed E-state index contributed by atoms with van der Waals surface area (Å²) in [6, 6.07) is 42.5. The molecule has 0 aromatic heterocycles. The third-order valence-electron chi connectivity index (χ3n) is 7.46. The highest BCUT2D eigenvalue weighted by molar-refractivity contribution is 6.31. The van der Waals surface area contributed by atoms with Gasteiger partial charge < -0.3 is 0 Å². The Hall–Kier alpha value is -5.09. The number of benzene rings is 6. The van der Waals surface area contributed by atoms with Gasteiger partial charge in [0, 0.05) is 49.0 Å². The summed E-state index contributed by atoms with van der Waals surface area (Å²) < 4.78 is 0. The maximum atomic E-state index is 14.1. The van der Waals surface area contributed by atoms with E-state index in [2.05, 4.69) is 0 Å². The van der Waals surface area contributed by atoms with Crippen LogP contribution in [0, 0.1) is 0 Å². The van der Waals surface area contributed by atoms with Crippen molar-refractivity contribution in [3.63, 3.8) is 0 Å². The van der Waals surface area contributed by atoms with Gasteiger partial charge in [-0.15, -0.1) is 0 Å². The molecule has 0 fully saturated rings. The van der Waals surface area contributed by atoms with Crippen LogP contribution in [-0.4, -0.2) is 17.3 Å². The van der Waals surface area contributed by atoms with Crippen LogP contribution in [0.3, 0.4) is 0 Å². The Morgan fingerprint density at radius 2 is 0.727 bits per heavy atom. The molecule has 212 valence electrons. The second-order valence-electron chi connectivity index (χ2n) is 10.2. The van der Waals surface area contributed by atoms with Crippen molar-refractivity contribution in [1.82, 2.24) is 0 Å². The molecule has 44 heavy (non-hydrogen) atoms. The maximum Gasteiger partial charge on any atom is 0.193 e. The minimum atomic E-state index is -0.212. The van der Waals surface area contributed by atoms with Crippen LogP contribution in [0.25, 0.3) is 22.3 Å². The number of ketones is 3. The Morgan fingerprint density at radius 3 is 1.30 bits per heavy atom. The Balaban J connectivity index is 1.61. The molecule has 0 heterocycles. The number of carbonyl (C=O) groups is 3. The molecule has 6 rings (SSSR count). The standard InChI is InChI=1S/C39H24Cl2O3/c40-28-21-17-26(18-22-28)37(42)33-13-6-4-11-30(33)31-15-8-16-35(39(44)25-9-2-1-3-10-25)36(31)32-12-5-7-14-34(32)38(43)27-19-23-29(41)24-20-27/h1-24H. The monoisotopic (exact) mass is 610 g/mol. The van der Waals surface area contributed by atoms with Gasteiger partial charge in [-0.1, -0.05) is 120 Å². The van der Waals surface area contributed by atoms with E-state index in [1.165, 1.54) is 0 Å². The smallest absolute Gasteiger partial charge is 0.193 e. The normalized spacial score (nSPS) is 10.8. The largest absolute Gasteiger partial charge is 0.289 e. The van der Waals surface area contributed by atoms with E-state index in [0.29, 0.717) is 65.7 Å². The maximum absolute atomic E-state index is 14.1. The van der Waals surface area contributed by atoms with E-state index in [9.17, 15) is 14.4 Å². The highest BCUT2D eigenvalue weighted by atomic mass is 35.5. The summed E-state index contributed by atoms with van der Waals surface area (Å²) in [5, 5.41) is 1.06. The Bertz CT molecular complexity index is 2010. The highest BCUT2D eigenvalue weighted by Crippen LogP contribution is 2.40. The zero-order valence-electron chi connectivity index (χ0n) is 23.3. The predicted molar refractivity (Wildman–Crippen MR) is 177 cm³/mol. The molecule has 0 radical (unpaired) electrons. The van der Waals surface area contributed by atoms with Gasteiger partial charge in [0.25, 0.3) is 0 Å². The lowest BCUT2D eigenvalue weighted by atomic mass is 9.82. The first-order chi connectivity index (χ1) is 21.4. The van der Waals surface area contributed by atoms with E-state index < -0.39 is 0 Å². The van der Waals surface area contributed by atoms with Gasteiger partial charge in [-0.2, -0.15) is 0 Å². The molecule has 0 unspecified atom stereocenters. The lowest BCUT2D eigenvalue weighted by Crippen LogP contribution is -2.09. The molecule has 0 saturated carbocycles. The predicted octanol–water partition coefficient (Wildman–Crippen LogP) is 10.0. The van der Waals surface area contributed by atoms with Crippen molar-refractivity contribution in [1.29, 1.82) is 0 Å². The first kappa shape index (κ1) is 29.0. The van der Waals surface area contributed by atoms with Crippen molar-refractivity contribution >= 4 is 40.6 Å². The third-order valence-corrected chi connectivity index (χ3v) is 7.96. The lowest BCUT2D eigenvalue weighted by molar-refractivity contribution is 0.103. The van der Waals surface area contributed by atoms with Gasteiger partial charge in [0.05, 0.1) is 0 Å². The zero-order valence-corrected chi connectivity index (χ0v) is 24.8. The van der Waals surface area contributed by atoms with E-state index in [4.69, 9.17) is 23.2 Å². The zero-order chi connectivity index (χ0) is 30.6. The molecule has 0 spiro atoms. The fourth-order valence-electron chi connectivity index (χ4n) is 5.33. The summed E-state index contributed by atoms with van der Waals surface area (Å²) in [5.41, 5.74) is 5.20. The molecule has 0 aliphatic rings. The quantitative estimate of drug-likeness (QED) is 0.161. The summed E-state index contributed by atoms with van der Waals surface area (Å²) in [7, 11) is 0. The minimum absolute atomic E-state index is 0.187. The summed E-state index contributed by atoms with van der Waals surface area (Å²) in [6.45, 7) is 0. The van der Waals surface area contributed by atoms with Gasteiger partial charge in [0.1, 0.15) is 0 Å². The van der Waals surface area contributed by atoms with Crippen LogP contribution in [0.1, 0.15) is 47.8 Å². The fraction of sp³-hybridized carbons (Fsp3) is 0. The molecular formula is C39H24Cl2O3. The van der Waals surface area contributed by atoms with Crippen LogP contribution in [0.5, 0.6) is 0 Å². The summed E-state index contributed by atoms with van der Waals surface area (Å²) in [4.78, 5) is 41.9. The van der Waals surface area contributed by atoms with E-state index in [0.717, 1.165) is 0 Å². The molecule has 3 nitrogen and oxygen atoms in total. The van der Waals surface area contributed by atoms with Crippen LogP contribution >= 0.6 is 23.2 Å². The summed E-state index contributed by atoms with van der Waals surface area (Å²) in [6.07, 6.45) is 0. The van der Waals surface area contributed by atoms with Gasteiger partial charge in [0.15, 0.2) is 17.3 Å². The fourth-order valence-corrected chi connectivity index (χ4v) is 5.58. The van der Waals surface area contributed by atoms with Gasteiger partial charge >= 0.3 is 0 Å². The summed E-state index contributed by atoms with van der Waals surface area (Å²) in [5.74, 6) is -0.595. The second-order valence-corrected chi connectivity index (χ2v) is 11.1. The Labute approximate surface area is 265 Å². The number of carbonyl (C=O) groups excluding carboxylic acids is 3. The number of halogens is 2. The minimum Gasteiger partial charge on any atom is -0.289 e. The molecule has 0 saturated heterocycles. The van der Waals surface area contributed by atoms with Crippen molar-refractivity contribution in [2.45, 2.75) is 0 Å². The van der Waals surface area contributed by atoms with Crippen molar-refractivity contribution in [2.24, 2.45) is 0 Å². The Kier molecular flexibility index (Phi) is 8.33. The molecule has 0 amide bonds. The SMILES string of the molecule is O=C(c1ccc(Cl)cc1)c1ccccc1-c1cccc(C(=O)c2ccccc2)c1-c1ccccc1C(=O)c1ccc(Cl)cc1. The molecule has 0 atom stereocenters. The van der Waals surface area contributed by atoms with Crippen molar-refractivity contribution < 1.29 is 14.4 Å². The average Bonchev–Trinajstić information content (AvgIpc) is 3.08. The molecule has 6 aromatic rings. The van der Waals surface area contributed by atoms with Crippen molar-refractivity contribution in [2.75, 3.05) is 0 Å². The van der Waals surface area contributed by atoms with E-state index in [1.807, 2.05) is 60.7 Å². The van der Waals surface area contributed by atoms with Gasteiger partial charge in [-0.25, -0.2) is 0 Å². The van der Waals surface area contributed by atoms with Crippen LogP contribution in [0.15, 0.2) is 146 Å². The molecule has 0 N–H and O–H groups in total. The molecule has 5 heteroatoms. The molecular weight excluding hydrogens is 587 g/mol. The average molecular weight is 612 g/mol. The molecule has 0 aliphatic carbocycles. The van der Waals surface area contributed by atoms with Crippen LogP contribution < -0.4 is 0 Å². The van der Waals surface area contributed by atoms with Crippen LogP contribution in [0.2, 0.25) is 10.0 Å². The van der Waals surface area contributed by atoms with Gasteiger partial charge in [-0.05, 0) is 65.2 Å². The van der Waals surface area contributed by atoms with Crippen LogP contribution in [-0.2, 0) is 0 Å². The molecule has 6 aromatic carbocycles. The number of hydrogen-bond donors (Lipinski definition) is 0. The second kappa shape index (κ2) is 12.6. The van der Waals surface area contributed by atoms with E-state index in [1.54, 1.807) is 84.9 Å². The van der Waals surface area contributed by atoms with Crippen molar-refractivity contribution in [3.05, 3.63) is 189 Å². The van der Waals surface area contributed by atoms with E-state index >= 15 is 0 Å². The van der Waals surface area contributed by atoms with Gasteiger partial charge in [0.2, 0.25) is 0 Å². The first-order valence-electron chi connectivity index (χ1n) is 13.9. The Morgan fingerprint density at radius 1 is 0.341 bits per heavy atom. The first-order valence-corrected chi connectivity index (χ1v) is 14.7. The third kappa shape index (κ3) is 5.76. The highest BCUT2D eigenvalue weighted by Gasteiger charge is 2.25.